The molecule has 0 N–H and O–H groups in total. The van der Waals surface area contributed by atoms with E-state index in [1.807, 2.05) is 6.92 Å². The van der Waals surface area contributed by atoms with Crippen LogP contribution in [0.15, 0.2) is 23.3 Å². The lowest BCUT2D eigenvalue weighted by molar-refractivity contribution is -0.116. The summed E-state index contributed by atoms with van der Waals surface area (Å²) in [4.78, 5) is 11.5. The van der Waals surface area contributed by atoms with Crippen LogP contribution in [0.3, 0.4) is 0 Å². The number of Topliss-reactive ketones (excluding diaryl/α,β-unsaturated/α-hetero) is 1. The second kappa shape index (κ2) is 5.14. The highest BCUT2D eigenvalue weighted by Crippen LogP contribution is 2.26. The molecule has 0 aromatic heterocycles. The number of unbranched alkanes of at least 4 members (excludes halogenated alkanes) is 1. The van der Waals surface area contributed by atoms with E-state index in [0.29, 0.717) is 18.1 Å². The molecule has 14 heavy (non-hydrogen) atoms. The normalized spacial score (nSPS) is 23.6. The smallest absolute Gasteiger partial charge is 0.158 e. The summed E-state index contributed by atoms with van der Waals surface area (Å²) in [6, 6.07) is 0. The van der Waals surface area contributed by atoms with E-state index >= 15 is 0 Å². The standard InChI is InChI=1S/C13H20O/c1-4-5-6-10(2)12-8-7-11(3)13(14)9-12/h6-7,12H,4-5,8-9H2,1-3H3/b10-6+/t12-/m0/s1. The molecule has 0 amide bonds. The van der Waals surface area contributed by atoms with Crippen molar-refractivity contribution in [3.63, 3.8) is 0 Å². The predicted molar refractivity (Wildman–Crippen MR) is 60.2 cm³/mol. The minimum Gasteiger partial charge on any atom is -0.295 e. The van der Waals surface area contributed by atoms with Crippen LogP contribution in [0.4, 0.5) is 0 Å². The lowest BCUT2D eigenvalue weighted by Gasteiger charge is -2.20. The summed E-state index contributed by atoms with van der Waals surface area (Å²) in [5, 5.41) is 0. The van der Waals surface area contributed by atoms with Crippen molar-refractivity contribution >= 4 is 5.78 Å². The molecule has 0 bridgehead atoms. The highest BCUT2D eigenvalue weighted by atomic mass is 16.1. The minimum atomic E-state index is 0.325. The van der Waals surface area contributed by atoms with Gasteiger partial charge in [0.05, 0.1) is 0 Å². The maximum Gasteiger partial charge on any atom is 0.158 e. The fourth-order valence-corrected chi connectivity index (χ4v) is 1.79. The van der Waals surface area contributed by atoms with Gasteiger partial charge in [-0.25, -0.2) is 0 Å². The Morgan fingerprint density at radius 3 is 2.93 bits per heavy atom. The number of allylic oxidation sites excluding steroid dienone is 4. The molecule has 0 aliphatic heterocycles. The number of carbonyl (C=O) groups is 1. The molecular formula is C13H20O. The molecule has 0 spiro atoms. The van der Waals surface area contributed by atoms with E-state index in [0.717, 1.165) is 18.4 Å². The Labute approximate surface area is 86.9 Å². The third kappa shape index (κ3) is 2.83. The van der Waals surface area contributed by atoms with E-state index in [4.69, 9.17) is 0 Å². The van der Waals surface area contributed by atoms with Crippen molar-refractivity contribution in [2.75, 3.05) is 0 Å². The van der Waals surface area contributed by atoms with Crippen LogP contribution in [0.1, 0.15) is 46.5 Å². The topological polar surface area (TPSA) is 17.1 Å². The molecule has 78 valence electrons. The zero-order valence-electron chi connectivity index (χ0n) is 9.47. The fraction of sp³-hybridized carbons (Fsp3) is 0.615. The van der Waals surface area contributed by atoms with Crippen LogP contribution in [0, 0.1) is 5.92 Å². The molecule has 0 saturated carbocycles. The van der Waals surface area contributed by atoms with Gasteiger partial charge in [0.25, 0.3) is 0 Å². The van der Waals surface area contributed by atoms with Crippen LogP contribution in [0.25, 0.3) is 0 Å². The van der Waals surface area contributed by atoms with Gasteiger partial charge in [0.15, 0.2) is 5.78 Å². The van der Waals surface area contributed by atoms with E-state index < -0.39 is 0 Å². The van der Waals surface area contributed by atoms with E-state index in [1.165, 1.54) is 12.0 Å². The molecule has 0 saturated heterocycles. The van der Waals surface area contributed by atoms with E-state index in [-0.39, 0.29) is 0 Å². The highest BCUT2D eigenvalue weighted by molar-refractivity contribution is 5.95. The number of hydrogen-bond acceptors (Lipinski definition) is 1. The Kier molecular flexibility index (Phi) is 4.12. The van der Waals surface area contributed by atoms with Crippen LogP contribution < -0.4 is 0 Å². The molecule has 0 radical (unpaired) electrons. The molecule has 0 unspecified atom stereocenters. The molecule has 1 aliphatic rings. The van der Waals surface area contributed by atoms with Crippen LogP contribution in [-0.2, 0) is 4.79 Å². The summed E-state index contributed by atoms with van der Waals surface area (Å²) < 4.78 is 0. The summed E-state index contributed by atoms with van der Waals surface area (Å²) in [5.74, 6) is 0.795. The van der Waals surface area contributed by atoms with Gasteiger partial charge in [0, 0.05) is 6.42 Å². The van der Waals surface area contributed by atoms with Crippen molar-refractivity contribution in [3.05, 3.63) is 23.3 Å². The minimum absolute atomic E-state index is 0.325. The van der Waals surface area contributed by atoms with Gasteiger partial charge in [0.2, 0.25) is 0 Å². The van der Waals surface area contributed by atoms with Gasteiger partial charge < -0.3 is 0 Å². The Morgan fingerprint density at radius 1 is 1.64 bits per heavy atom. The van der Waals surface area contributed by atoms with E-state index in [2.05, 4.69) is 26.0 Å². The number of ketones is 1. The molecule has 0 heterocycles. The van der Waals surface area contributed by atoms with Crippen LogP contribution in [0.5, 0.6) is 0 Å². The third-order valence-electron chi connectivity index (χ3n) is 2.98. The first-order valence-electron chi connectivity index (χ1n) is 5.51. The average Bonchev–Trinajstić information content (AvgIpc) is 2.18. The Bertz CT molecular complexity index is 271. The summed E-state index contributed by atoms with van der Waals surface area (Å²) in [6.45, 7) is 6.26. The molecule has 0 aromatic rings. The van der Waals surface area contributed by atoms with Crippen molar-refractivity contribution < 1.29 is 4.79 Å². The Balaban J connectivity index is 2.60. The van der Waals surface area contributed by atoms with Crippen LogP contribution in [-0.4, -0.2) is 5.78 Å². The van der Waals surface area contributed by atoms with Crippen molar-refractivity contribution in [1.82, 2.24) is 0 Å². The number of rotatable bonds is 3. The summed E-state index contributed by atoms with van der Waals surface area (Å²) in [7, 11) is 0. The monoisotopic (exact) mass is 192 g/mol. The Morgan fingerprint density at radius 2 is 2.36 bits per heavy atom. The zero-order chi connectivity index (χ0) is 10.6. The lowest BCUT2D eigenvalue weighted by atomic mass is 9.84. The molecule has 1 atom stereocenters. The van der Waals surface area contributed by atoms with E-state index in [9.17, 15) is 4.79 Å². The van der Waals surface area contributed by atoms with Gasteiger partial charge in [-0.05, 0) is 38.2 Å². The molecular weight excluding hydrogens is 172 g/mol. The van der Waals surface area contributed by atoms with Gasteiger partial charge in [-0.15, -0.1) is 0 Å². The molecule has 0 aromatic carbocycles. The molecule has 0 fully saturated rings. The van der Waals surface area contributed by atoms with Crippen molar-refractivity contribution in [3.8, 4) is 0 Å². The quantitative estimate of drug-likeness (QED) is 0.624. The lowest BCUT2D eigenvalue weighted by Crippen LogP contribution is -2.15. The van der Waals surface area contributed by atoms with Gasteiger partial charge >= 0.3 is 0 Å². The van der Waals surface area contributed by atoms with Gasteiger partial charge in [-0.2, -0.15) is 0 Å². The summed E-state index contributed by atoms with van der Waals surface area (Å²) in [6.07, 6.45) is 8.45. The SMILES string of the molecule is CCC/C=C(\C)[C@H]1CC=C(C)C(=O)C1. The largest absolute Gasteiger partial charge is 0.295 e. The average molecular weight is 192 g/mol. The predicted octanol–water partition coefficient (Wildman–Crippen LogP) is 3.66. The summed E-state index contributed by atoms with van der Waals surface area (Å²) >= 11 is 0. The summed E-state index contributed by atoms with van der Waals surface area (Å²) in [5.41, 5.74) is 2.34. The van der Waals surface area contributed by atoms with Crippen molar-refractivity contribution in [2.24, 2.45) is 5.92 Å². The second-order valence-electron chi connectivity index (χ2n) is 4.18. The first-order valence-corrected chi connectivity index (χ1v) is 5.51. The maximum atomic E-state index is 11.5. The van der Waals surface area contributed by atoms with Gasteiger partial charge in [0.1, 0.15) is 0 Å². The second-order valence-corrected chi connectivity index (χ2v) is 4.18. The van der Waals surface area contributed by atoms with E-state index in [1.54, 1.807) is 0 Å². The first-order chi connectivity index (χ1) is 6.65. The van der Waals surface area contributed by atoms with Crippen molar-refractivity contribution in [1.29, 1.82) is 0 Å². The van der Waals surface area contributed by atoms with Crippen molar-refractivity contribution in [2.45, 2.75) is 46.5 Å². The first kappa shape index (κ1) is 11.2. The van der Waals surface area contributed by atoms with Crippen LogP contribution in [0.2, 0.25) is 0 Å². The zero-order valence-corrected chi connectivity index (χ0v) is 9.47. The number of carbonyl (C=O) groups excluding carboxylic acids is 1. The highest BCUT2D eigenvalue weighted by Gasteiger charge is 2.19. The van der Waals surface area contributed by atoms with Gasteiger partial charge in [-0.3, -0.25) is 4.79 Å². The molecule has 1 nitrogen and oxygen atoms in total. The third-order valence-corrected chi connectivity index (χ3v) is 2.98. The van der Waals surface area contributed by atoms with Crippen LogP contribution >= 0.6 is 0 Å². The molecule has 1 aliphatic carbocycles. The number of hydrogen-bond donors (Lipinski definition) is 0. The fourth-order valence-electron chi connectivity index (χ4n) is 1.79. The molecule has 1 heteroatoms. The van der Waals surface area contributed by atoms with Gasteiger partial charge in [-0.1, -0.05) is 31.1 Å². The molecule has 1 rings (SSSR count). The Hall–Kier alpha value is -0.850. The maximum absolute atomic E-state index is 11.5.